The summed E-state index contributed by atoms with van der Waals surface area (Å²) in [5, 5.41) is 0. The molecule has 1 aliphatic carbocycles. The van der Waals surface area contributed by atoms with Gasteiger partial charge < -0.3 is 5.73 Å². The number of hydrogen-bond acceptors (Lipinski definition) is 1. The fourth-order valence-electron chi connectivity index (χ4n) is 2.48. The minimum absolute atomic E-state index is 0.439. The summed E-state index contributed by atoms with van der Waals surface area (Å²) in [5.41, 5.74) is 8.86. The van der Waals surface area contributed by atoms with E-state index in [0.717, 1.165) is 5.92 Å². The molecule has 0 atom stereocenters. The van der Waals surface area contributed by atoms with E-state index in [1.807, 2.05) is 0 Å². The van der Waals surface area contributed by atoms with Gasteiger partial charge in [0.05, 0.1) is 0 Å². The zero-order valence-corrected chi connectivity index (χ0v) is 10.8. The smallest absolute Gasteiger partial charge is 0.0178 e. The van der Waals surface area contributed by atoms with Crippen molar-refractivity contribution in [3.8, 4) is 0 Å². The Bertz CT molecular complexity index is 340. The first-order valence-corrected chi connectivity index (χ1v) is 6.48. The van der Waals surface area contributed by atoms with Gasteiger partial charge in [0.1, 0.15) is 0 Å². The summed E-state index contributed by atoms with van der Waals surface area (Å²) < 4.78 is 1.19. The van der Waals surface area contributed by atoms with E-state index in [9.17, 15) is 0 Å². The minimum Gasteiger partial charge on any atom is -0.328 e. The molecule has 15 heavy (non-hydrogen) atoms. The van der Waals surface area contributed by atoms with E-state index in [1.54, 1.807) is 0 Å². The second kappa shape index (κ2) is 4.67. The highest BCUT2D eigenvalue weighted by molar-refractivity contribution is 9.10. The van der Waals surface area contributed by atoms with Crippen molar-refractivity contribution in [2.75, 3.05) is 0 Å². The molecule has 1 saturated carbocycles. The van der Waals surface area contributed by atoms with Gasteiger partial charge in [-0.05, 0) is 61.8 Å². The Morgan fingerprint density at radius 2 is 1.87 bits per heavy atom. The van der Waals surface area contributed by atoms with Gasteiger partial charge in [0, 0.05) is 10.5 Å². The molecule has 2 heteroatoms. The van der Waals surface area contributed by atoms with Crippen LogP contribution in [0, 0.1) is 6.92 Å². The van der Waals surface area contributed by atoms with Crippen molar-refractivity contribution >= 4 is 15.9 Å². The normalized spacial score (nSPS) is 26.6. The van der Waals surface area contributed by atoms with Crippen LogP contribution in [0.2, 0.25) is 0 Å². The third kappa shape index (κ3) is 2.61. The van der Waals surface area contributed by atoms with Crippen LogP contribution in [0.4, 0.5) is 0 Å². The quantitative estimate of drug-likeness (QED) is 0.824. The monoisotopic (exact) mass is 267 g/mol. The molecule has 0 heterocycles. The van der Waals surface area contributed by atoms with Crippen molar-refractivity contribution in [1.29, 1.82) is 0 Å². The number of benzene rings is 1. The highest BCUT2D eigenvalue weighted by Crippen LogP contribution is 2.35. The van der Waals surface area contributed by atoms with E-state index in [4.69, 9.17) is 5.73 Å². The van der Waals surface area contributed by atoms with E-state index in [-0.39, 0.29) is 0 Å². The van der Waals surface area contributed by atoms with E-state index in [2.05, 4.69) is 41.1 Å². The maximum atomic E-state index is 5.93. The predicted molar refractivity (Wildman–Crippen MR) is 68.1 cm³/mol. The molecule has 0 bridgehead atoms. The SMILES string of the molecule is Cc1ccc(Br)cc1C1CCC(N)CC1. The molecular formula is C13H18BrN. The Hall–Kier alpha value is -0.340. The number of nitrogens with two attached hydrogens (primary N) is 1. The van der Waals surface area contributed by atoms with Crippen LogP contribution in [0.5, 0.6) is 0 Å². The number of hydrogen-bond donors (Lipinski definition) is 1. The maximum Gasteiger partial charge on any atom is 0.0178 e. The first kappa shape index (κ1) is 11.2. The number of halogens is 1. The topological polar surface area (TPSA) is 26.0 Å². The molecule has 1 fully saturated rings. The Morgan fingerprint density at radius 1 is 1.20 bits per heavy atom. The summed E-state index contributed by atoms with van der Waals surface area (Å²) in [7, 11) is 0. The van der Waals surface area contributed by atoms with Crippen LogP contribution >= 0.6 is 15.9 Å². The third-order valence-corrected chi connectivity index (χ3v) is 3.95. The maximum absolute atomic E-state index is 5.93. The highest BCUT2D eigenvalue weighted by atomic mass is 79.9. The second-order valence-corrected chi connectivity index (χ2v) is 5.53. The molecule has 1 nitrogen and oxygen atoms in total. The summed E-state index contributed by atoms with van der Waals surface area (Å²) in [4.78, 5) is 0. The lowest BCUT2D eigenvalue weighted by atomic mass is 9.80. The van der Waals surface area contributed by atoms with Crippen LogP contribution in [-0.2, 0) is 0 Å². The molecule has 82 valence electrons. The Kier molecular flexibility index (Phi) is 3.47. The van der Waals surface area contributed by atoms with Crippen molar-refractivity contribution in [3.05, 3.63) is 33.8 Å². The van der Waals surface area contributed by atoms with Crippen molar-refractivity contribution in [3.63, 3.8) is 0 Å². The lowest BCUT2D eigenvalue weighted by Crippen LogP contribution is -2.25. The van der Waals surface area contributed by atoms with E-state index < -0.39 is 0 Å². The molecule has 0 radical (unpaired) electrons. The van der Waals surface area contributed by atoms with Crippen LogP contribution in [0.3, 0.4) is 0 Å². The lowest BCUT2D eigenvalue weighted by Gasteiger charge is -2.27. The van der Waals surface area contributed by atoms with Gasteiger partial charge in [0.2, 0.25) is 0 Å². The fourth-order valence-corrected chi connectivity index (χ4v) is 2.86. The van der Waals surface area contributed by atoms with Gasteiger partial charge >= 0.3 is 0 Å². The molecule has 0 saturated heterocycles. The second-order valence-electron chi connectivity index (χ2n) is 4.61. The molecule has 2 N–H and O–H groups in total. The summed E-state index contributed by atoms with van der Waals surface area (Å²) >= 11 is 3.55. The lowest BCUT2D eigenvalue weighted by molar-refractivity contribution is 0.394. The van der Waals surface area contributed by atoms with Gasteiger partial charge in [-0.2, -0.15) is 0 Å². The molecule has 1 aliphatic rings. The first-order chi connectivity index (χ1) is 7.16. The average molecular weight is 268 g/mol. The van der Waals surface area contributed by atoms with Crippen molar-refractivity contribution < 1.29 is 0 Å². The van der Waals surface area contributed by atoms with Crippen LogP contribution in [0.25, 0.3) is 0 Å². The van der Waals surface area contributed by atoms with Gasteiger partial charge in [-0.1, -0.05) is 22.0 Å². The van der Waals surface area contributed by atoms with Crippen molar-refractivity contribution in [2.45, 2.75) is 44.6 Å². The third-order valence-electron chi connectivity index (χ3n) is 3.45. The predicted octanol–water partition coefficient (Wildman–Crippen LogP) is 3.74. The zero-order valence-electron chi connectivity index (χ0n) is 9.17. The van der Waals surface area contributed by atoms with Crippen LogP contribution in [-0.4, -0.2) is 6.04 Å². The molecule has 0 aliphatic heterocycles. The minimum atomic E-state index is 0.439. The van der Waals surface area contributed by atoms with Crippen LogP contribution < -0.4 is 5.73 Å². The highest BCUT2D eigenvalue weighted by Gasteiger charge is 2.21. The summed E-state index contributed by atoms with van der Waals surface area (Å²) in [6.07, 6.45) is 4.85. The number of rotatable bonds is 1. The molecule has 0 aromatic heterocycles. The first-order valence-electron chi connectivity index (χ1n) is 5.68. The molecule has 2 rings (SSSR count). The average Bonchev–Trinajstić information content (AvgIpc) is 2.23. The Labute approximate surface area is 100 Å². The van der Waals surface area contributed by atoms with Crippen LogP contribution in [0.1, 0.15) is 42.7 Å². The summed E-state index contributed by atoms with van der Waals surface area (Å²) in [6.45, 7) is 2.20. The molecule has 1 aromatic rings. The number of aryl methyl sites for hydroxylation is 1. The largest absolute Gasteiger partial charge is 0.328 e. The van der Waals surface area contributed by atoms with Gasteiger partial charge in [0.25, 0.3) is 0 Å². The Morgan fingerprint density at radius 3 is 2.53 bits per heavy atom. The van der Waals surface area contributed by atoms with Gasteiger partial charge in [0.15, 0.2) is 0 Å². The summed E-state index contributed by atoms with van der Waals surface area (Å²) in [5.74, 6) is 0.724. The van der Waals surface area contributed by atoms with Gasteiger partial charge in [-0.3, -0.25) is 0 Å². The molecule has 0 unspecified atom stereocenters. The standard InChI is InChI=1S/C13H18BrN/c1-9-2-5-11(14)8-13(9)10-3-6-12(15)7-4-10/h2,5,8,10,12H,3-4,6-7,15H2,1H3. The van der Waals surface area contributed by atoms with E-state index in [0.29, 0.717) is 6.04 Å². The van der Waals surface area contributed by atoms with Gasteiger partial charge in [-0.25, -0.2) is 0 Å². The van der Waals surface area contributed by atoms with Crippen molar-refractivity contribution in [1.82, 2.24) is 0 Å². The van der Waals surface area contributed by atoms with Crippen molar-refractivity contribution in [2.24, 2.45) is 5.73 Å². The summed E-state index contributed by atoms with van der Waals surface area (Å²) in [6, 6.07) is 7.03. The zero-order chi connectivity index (χ0) is 10.8. The molecule has 0 amide bonds. The molecular weight excluding hydrogens is 250 g/mol. The molecule has 0 spiro atoms. The Balaban J connectivity index is 2.18. The van der Waals surface area contributed by atoms with Gasteiger partial charge in [-0.15, -0.1) is 0 Å². The van der Waals surface area contributed by atoms with E-state index >= 15 is 0 Å². The van der Waals surface area contributed by atoms with E-state index in [1.165, 1.54) is 41.3 Å². The fraction of sp³-hybridized carbons (Fsp3) is 0.538. The molecule has 1 aromatic carbocycles. The van der Waals surface area contributed by atoms with Crippen LogP contribution in [0.15, 0.2) is 22.7 Å².